The summed E-state index contributed by atoms with van der Waals surface area (Å²) in [5, 5.41) is 8.96. The van der Waals surface area contributed by atoms with E-state index in [9.17, 15) is 18.0 Å². The van der Waals surface area contributed by atoms with Gasteiger partial charge in [-0.1, -0.05) is 15.9 Å². The maximum Gasteiger partial charge on any atom is 0.574 e. The van der Waals surface area contributed by atoms with Gasteiger partial charge in [-0.15, -0.1) is 13.2 Å². The molecule has 0 fully saturated rings. The van der Waals surface area contributed by atoms with Crippen LogP contribution >= 0.6 is 38.5 Å². The minimum Gasteiger partial charge on any atom is -0.481 e. The fraction of sp³-hybridized carbons (Fsp3) is 0.333. The summed E-state index contributed by atoms with van der Waals surface area (Å²) in [6, 6.07) is 1.40. The van der Waals surface area contributed by atoms with Crippen molar-refractivity contribution in [3.05, 3.63) is 20.9 Å². The molecule has 0 saturated carbocycles. The standard InChI is InChI=1S/C9H6BrF3INO3/c10-3-4-1-5(14)8(18-9(11,12)13)15-6(4)2-7(16)17/h1H,2-3H2,(H,16,17). The van der Waals surface area contributed by atoms with Crippen LogP contribution in [0.3, 0.4) is 0 Å². The lowest BCUT2D eigenvalue weighted by Gasteiger charge is -2.12. The fourth-order valence-electron chi connectivity index (χ4n) is 1.14. The summed E-state index contributed by atoms with van der Waals surface area (Å²) in [6.07, 6.45) is -5.32. The van der Waals surface area contributed by atoms with E-state index in [1.165, 1.54) is 6.07 Å². The first-order valence-electron chi connectivity index (χ1n) is 4.44. The zero-order chi connectivity index (χ0) is 13.9. The number of hydrogen-bond acceptors (Lipinski definition) is 3. The molecule has 18 heavy (non-hydrogen) atoms. The molecule has 0 atom stereocenters. The maximum absolute atomic E-state index is 12.1. The van der Waals surface area contributed by atoms with Crippen molar-refractivity contribution in [2.45, 2.75) is 18.1 Å². The Kier molecular flexibility index (Phi) is 5.20. The maximum atomic E-state index is 12.1. The quantitative estimate of drug-likeness (QED) is 0.578. The van der Waals surface area contributed by atoms with Gasteiger partial charge in [0.2, 0.25) is 5.88 Å². The Balaban J connectivity index is 3.16. The number of carboxylic acids is 1. The molecule has 0 aromatic carbocycles. The molecular weight excluding hydrogens is 434 g/mol. The second-order valence-electron chi connectivity index (χ2n) is 3.13. The largest absolute Gasteiger partial charge is 0.574 e. The zero-order valence-corrected chi connectivity index (χ0v) is 12.3. The van der Waals surface area contributed by atoms with E-state index in [4.69, 9.17) is 5.11 Å². The van der Waals surface area contributed by atoms with Crippen LogP contribution in [0, 0.1) is 3.57 Å². The SMILES string of the molecule is O=C(O)Cc1nc(OC(F)(F)F)c(I)cc1CBr. The lowest BCUT2D eigenvalue weighted by atomic mass is 10.1. The molecule has 9 heteroatoms. The van der Waals surface area contributed by atoms with Gasteiger partial charge < -0.3 is 9.84 Å². The third kappa shape index (κ3) is 4.59. The normalized spacial score (nSPS) is 11.4. The molecule has 0 bridgehead atoms. The van der Waals surface area contributed by atoms with E-state index in [1.807, 2.05) is 0 Å². The zero-order valence-electron chi connectivity index (χ0n) is 8.59. The molecule has 100 valence electrons. The van der Waals surface area contributed by atoms with Crippen molar-refractivity contribution in [1.82, 2.24) is 4.98 Å². The predicted molar refractivity (Wildman–Crippen MR) is 67.6 cm³/mol. The molecule has 0 saturated heterocycles. The van der Waals surface area contributed by atoms with Gasteiger partial charge in [0, 0.05) is 5.33 Å². The Hall–Kier alpha value is -0.580. The highest BCUT2D eigenvalue weighted by molar-refractivity contribution is 14.1. The number of halogens is 5. The van der Waals surface area contributed by atoms with Crippen LogP contribution < -0.4 is 4.74 Å². The number of aliphatic carboxylic acids is 1. The third-order valence-electron chi connectivity index (χ3n) is 1.79. The number of rotatable bonds is 4. The van der Waals surface area contributed by atoms with Crippen molar-refractivity contribution >= 4 is 44.5 Å². The average molecular weight is 440 g/mol. The van der Waals surface area contributed by atoms with E-state index < -0.39 is 24.6 Å². The minimum absolute atomic E-state index is 0.0408. The molecule has 0 spiro atoms. The van der Waals surface area contributed by atoms with Gasteiger partial charge in [0.05, 0.1) is 15.7 Å². The number of ether oxygens (including phenoxy) is 1. The van der Waals surface area contributed by atoms with E-state index in [-0.39, 0.29) is 9.26 Å². The second-order valence-corrected chi connectivity index (χ2v) is 4.86. The number of carbonyl (C=O) groups is 1. The van der Waals surface area contributed by atoms with Gasteiger partial charge >= 0.3 is 12.3 Å². The van der Waals surface area contributed by atoms with E-state index >= 15 is 0 Å². The molecule has 0 aliphatic heterocycles. The van der Waals surface area contributed by atoms with E-state index in [1.54, 1.807) is 22.6 Å². The van der Waals surface area contributed by atoms with Gasteiger partial charge in [0.15, 0.2) is 0 Å². The monoisotopic (exact) mass is 439 g/mol. The molecule has 1 heterocycles. The molecule has 0 aliphatic rings. The first kappa shape index (κ1) is 15.5. The average Bonchev–Trinajstić information content (AvgIpc) is 2.19. The minimum atomic E-state index is -4.86. The Labute approximate surface area is 122 Å². The van der Waals surface area contributed by atoms with Crippen LogP contribution in [-0.4, -0.2) is 22.4 Å². The summed E-state index contributed by atoms with van der Waals surface area (Å²) in [4.78, 5) is 14.2. The molecule has 0 aliphatic carbocycles. The van der Waals surface area contributed by atoms with E-state index in [0.29, 0.717) is 10.9 Å². The number of aromatic nitrogens is 1. The molecule has 0 radical (unpaired) electrons. The summed E-state index contributed by atoms with van der Waals surface area (Å²) in [7, 11) is 0. The van der Waals surface area contributed by atoms with Crippen LogP contribution in [0.25, 0.3) is 0 Å². The lowest BCUT2D eigenvalue weighted by molar-refractivity contribution is -0.276. The van der Waals surface area contributed by atoms with Crippen molar-refractivity contribution in [3.63, 3.8) is 0 Å². The number of nitrogens with zero attached hydrogens (tertiary/aromatic N) is 1. The molecule has 0 amide bonds. The molecule has 1 N–H and O–H groups in total. The number of hydrogen-bond donors (Lipinski definition) is 1. The van der Waals surface area contributed by atoms with Gasteiger partial charge in [0.25, 0.3) is 0 Å². The van der Waals surface area contributed by atoms with Crippen molar-refractivity contribution in [1.29, 1.82) is 0 Å². The van der Waals surface area contributed by atoms with Crippen LogP contribution in [0.5, 0.6) is 5.88 Å². The van der Waals surface area contributed by atoms with Crippen LogP contribution in [0.15, 0.2) is 6.07 Å². The van der Waals surface area contributed by atoms with Crippen LogP contribution in [0.4, 0.5) is 13.2 Å². The molecule has 4 nitrogen and oxygen atoms in total. The third-order valence-corrected chi connectivity index (χ3v) is 3.16. The van der Waals surface area contributed by atoms with Crippen molar-refractivity contribution in [2.75, 3.05) is 0 Å². The Morgan fingerprint density at radius 3 is 2.61 bits per heavy atom. The van der Waals surface area contributed by atoms with Gasteiger partial charge in [0.1, 0.15) is 0 Å². The van der Waals surface area contributed by atoms with Gasteiger partial charge in [-0.05, 0) is 34.2 Å². The summed E-state index contributed by atoms with van der Waals surface area (Å²) in [5.41, 5.74) is 0.551. The van der Waals surface area contributed by atoms with Crippen molar-refractivity contribution in [2.24, 2.45) is 0 Å². The van der Waals surface area contributed by atoms with Gasteiger partial charge in [-0.25, -0.2) is 4.98 Å². The molecule has 1 aromatic heterocycles. The topological polar surface area (TPSA) is 59.4 Å². The molecular formula is C9H6BrF3INO3. The fourth-order valence-corrected chi connectivity index (χ4v) is 2.23. The van der Waals surface area contributed by atoms with Crippen LogP contribution in [0.1, 0.15) is 11.3 Å². The highest BCUT2D eigenvalue weighted by Crippen LogP contribution is 2.28. The number of carboxylic acid groups (broad SMARTS) is 1. The molecule has 1 rings (SSSR count). The number of alkyl halides is 4. The summed E-state index contributed by atoms with van der Waals surface area (Å²) < 4.78 is 40.2. The van der Waals surface area contributed by atoms with E-state index in [2.05, 4.69) is 25.7 Å². The smallest absolute Gasteiger partial charge is 0.481 e. The first-order chi connectivity index (χ1) is 8.23. The number of pyridine rings is 1. The summed E-state index contributed by atoms with van der Waals surface area (Å²) in [6.45, 7) is 0. The van der Waals surface area contributed by atoms with Gasteiger partial charge in [-0.2, -0.15) is 0 Å². The Bertz CT molecular complexity index is 467. The Morgan fingerprint density at radius 1 is 1.56 bits per heavy atom. The van der Waals surface area contributed by atoms with E-state index in [0.717, 1.165) is 0 Å². The highest BCUT2D eigenvalue weighted by atomic mass is 127. The van der Waals surface area contributed by atoms with Crippen LogP contribution in [-0.2, 0) is 16.5 Å². The second kappa shape index (κ2) is 6.04. The van der Waals surface area contributed by atoms with Crippen molar-refractivity contribution < 1.29 is 27.8 Å². The molecule has 1 aromatic rings. The first-order valence-corrected chi connectivity index (χ1v) is 6.64. The van der Waals surface area contributed by atoms with Crippen LogP contribution in [0.2, 0.25) is 0 Å². The molecule has 0 unspecified atom stereocenters. The lowest BCUT2D eigenvalue weighted by Crippen LogP contribution is -2.19. The Morgan fingerprint density at radius 2 is 2.17 bits per heavy atom. The highest BCUT2D eigenvalue weighted by Gasteiger charge is 2.33. The summed E-state index contributed by atoms with van der Waals surface area (Å²) in [5.74, 6) is -1.81. The predicted octanol–water partition coefficient (Wildman–Crippen LogP) is 3.11. The van der Waals surface area contributed by atoms with Gasteiger partial charge in [-0.3, -0.25) is 4.79 Å². The summed E-state index contributed by atoms with van der Waals surface area (Å²) >= 11 is 4.76. The van der Waals surface area contributed by atoms with Crippen molar-refractivity contribution in [3.8, 4) is 5.88 Å².